The minimum absolute atomic E-state index is 0.0173. The predicted octanol–water partition coefficient (Wildman–Crippen LogP) is 4.02. The highest BCUT2D eigenvalue weighted by Gasteiger charge is 2.43. The Morgan fingerprint density at radius 1 is 1.19 bits per heavy atom. The molecule has 0 aliphatic carbocycles. The van der Waals surface area contributed by atoms with Crippen LogP contribution in [0.4, 0.5) is 17.6 Å². The van der Waals surface area contributed by atoms with Gasteiger partial charge >= 0.3 is 6.18 Å². The van der Waals surface area contributed by atoms with Crippen LogP contribution in [0.3, 0.4) is 0 Å². The number of hydrogen-bond acceptors (Lipinski definition) is 2. The van der Waals surface area contributed by atoms with Gasteiger partial charge in [0.25, 0.3) is 5.91 Å². The van der Waals surface area contributed by atoms with Crippen molar-refractivity contribution in [3.05, 3.63) is 34.6 Å². The number of alkyl halides is 3. The van der Waals surface area contributed by atoms with Crippen LogP contribution in [0.5, 0.6) is 0 Å². The summed E-state index contributed by atoms with van der Waals surface area (Å²) in [6.45, 7) is 3.25. The van der Waals surface area contributed by atoms with Gasteiger partial charge < -0.3 is 10.2 Å². The van der Waals surface area contributed by atoms with Crippen LogP contribution in [0.25, 0.3) is 0 Å². The van der Waals surface area contributed by atoms with E-state index in [2.05, 4.69) is 5.32 Å². The summed E-state index contributed by atoms with van der Waals surface area (Å²) in [6, 6.07) is 3.21. The van der Waals surface area contributed by atoms with Gasteiger partial charge in [-0.3, -0.25) is 4.79 Å². The van der Waals surface area contributed by atoms with Gasteiger partial charge in [0.05, 0.1) is 11.5 Å². The van der Waals surface area contributed by atoms with Gasteiger partial charge in [-0.25, -0.2) is 4.39 Å². The molecule has 7 heteroatoms. The molecular formula is C19H24F4N2O. The molecule has 0 bridgehead atoms. The average Bonchev–Trinajstić information content (AvgIpc) is 2.61. The Labute approximate surface area is 150 Å². The van der Waals surface area contributed by atoms with Gasteiger partial charge in [0.2, 0.25) is 0 Å². The van der Waals surface area contributed by atoms with Crippen LogP contribution < -0.4 is 5.32 Å². The molecule has 2 aliphatic heterocycles. The molecule has 2 heterocycles. The minimum atomic E-state index is -4.33. The molecule has 1 unspecified atom stereocenters. The Morgan fingerprint density at radius 2 is 1.88 bits per heavy atom. The van der Waals surface area contributed by atoms with E-state index in [0.29, 0.717) is 5.56 Å². The maximum absolute atomic E-state index is 14.7. The van der Waals surface area contributed by atoms with E-state index < -0.39 is 30.4 Å². The molecule has 26 heavy (non-hydrogen) atoms. The fourth-order valence-corrected chi connectivity index (χ4v) is 4.02. The van der Waals surface area contributed by atoms with Crippen molar-refractivity contribution in [2.75, 3.05) is 26.2 Å². The number of carbonyl (C=O) groups is 1. The fraction of sp³-hybridized carbons (Fsp3) is 0.632. The van der Waals surface area contributed by atoms with Gasteiger partial charge in [-0.1, -0.05) is 6.07 Å². The van der Waals surface area contributed by atoms with Crippen LogP contribution >= 0.6 is 0 Å². The monoisotopic (exact) mass is 372 g/mol. The van der Waals surface area contributed by atoms with E-state index in [9.17, 15) is 22.4 Å². The summed E-state index contributed by atoms with van der Waals surface area (Å²) in [5.41, 5.74) is 1.27. The zero-order valence-electron chi connectivity index (χ0n) is 14.8. The predicted molar refractivity (Wildman–Crippen MR) is 90.7 cm³/mol. The Hall–Kier alpha value is -1.63. The van der Waals surface area contributed by atoms with Crippen molar-refractivity contribution in [1.29, 1.82) is 0 Å². The number of rotatable bonds is 2. The van der Waals surface area contributed by atoms with Crippen LogP contribution in [0, 0.1) is 18.7 Å². The van der Waals surface area contributed by atoms with E-state index in [4.69, 9.17) is 0 Å². The van der Waals surface area contributed by atoms with E-state index in [-0.39, 0.29) is 30.9 Å². The summed E-state index contributed by atoms with van der Waals surface area (Å²) in [5.74, 6) is -2.54. The molecule has 1 aromatic rings. The molecule has 0 spiro atoms. The number of amides is 1. The lowest BCUT2D eigenvalue weighted by molar-refractivity contribution is -0.184. The number of benzene rings is 1. The molecule has 1 atom stereocenters. The molecule has 144 valence electrons. The number of nitrogens with zero attached hydrogens (tertiary/aromatic N) is 1. The molecule has 3 rings (SSSR count). The van der Waals surface area contributed by atoms with E-state index >= 15 is 0 Å². The van der Waals surface area contributed by atoms with Crippen LogP contribution in [0.1, 0.15) is 53.1 Å². The summed E-state index contributed by atoms with van der Waals surface area (Å²) in [7, 11) is 0. The first-order valence-corrected chi connectivity index (χ1v) is 9.14. The molecule has 2 aliphatic rings. The van der Waals surface area contributed by atoms with Gasteiger partial charge in [0.1, 0.15) is 5.82 Å². The first kappa shape index (κ1) is 19.1. The van der Waals surface area contributed by atoms with Crippen molar-refractivity contribution >= 4 is 5.91 Å². The van der Waals surface area contributed by atoms with Crippen molar-refractivity contribution in [3.8, 4) is 0 Å². The van der Waals surface area contributed by atoms with E-state index in [1.165, 1.54) is 6.07 Å². The summed E-state index contributed by atoms with van der Waals surface area (Å²) in [6.07, 6.45) is -2.21. The molecule has 2 saturated heterocycles. The third kappa shape index (κ3) is 4.03. The van der Waals surface area contributed by atoms with E-state index in [1.807, 2.05) is 6.07 Å². The highest BCUT2D eigenvalue weighted by atomic mass is 19.4. The molecule has 1 N–H and O–H groups in total. The van der Waals surface area contributed by atoms with Crippen LogP contribution in [-0.2, 0) is 0 Å². The van der Waals surface area contributed by atoms with Gasteiger partial charge in [-0.2, -0.15) is 13.2 Å². The van der Waals surface area contributed by atoms with E-state index in [1.54, 1.807) is 6.92 Å². The number of piperidine rings is 2. The molecule has 0 radical (unpaired) electrons. The number of nitrogens with one attached hydrogen (secondary N) is 1. The lowest BCUT2D eigenvalue weighted by Gasteiger charge is -2.34. The smallest absolute Gasteiger partial charge is 0.338 e. The Bertz CT molecular complexity index is 645. The molecule has 1 aromatic carbocycles. The standard InChI is InChI=1S/C19H24F4N2O/c1-12-9-14(13-4-6-24-7-5-13)10-16(20)17(12)18(26)25-8-2-3-15(11-25)19(21,22)23/h9-10,13,15,24H,2-8,11H2,1H3. The highest BCUT2D eigenvalue weighted by molar-refractivity contribution is 5.96. The number of halogens is 4. The number of hydrogen-bond donors (Lipinski definition) is 1. The molecule has 2 fully saturated rings. The average molecular weight is 372 g/mol. The maximum atomic E-state index is 14.7. The first-order chi connectivity index (χ1) is 12.3. The van der Waals surface area contributed by atoms with E-state index in [0.717, 1.165) is 36.4 Å². The summed E-state index contributed by atoms with van der Waals surface area (Å²) < 4.78 is 53.7. The Kier molecular flexibility index (Phi) is 5.55. The number of aryl methyl sites for hydroxylation is 1. The maximum Gasteiger partial charge on any atom is 0.393 e. The zero-order chi connectivity index (χ0) is 18.9. The SMILES string of the molecule is Cc1cc(C2CCNCC2)cc(F)c1C(=O)N1CCCC(C(F)(F)F)C1. The largest absolute Gasteiger partial charge is 0.393 e. The third-order valence-corrected chi connectivity index (χ3v) is 5.51. The van der Waals surface area contributed by atoms with Gasteiger partial charge in [0.15, 0.2) is 0 Å². The first-order valence-electron chi connectivity index (χ1n) is 9.14. The molecule has 0 aromatic heterocycles. The molecular weight excluding hydrogens is 348 g/mol. The topological polar surface area (TPSA) is 32.3 Å². The van der Waals surface area contributed by atoms with Gasteiger partial charge in [-0.15, -0.1) is 0 Å². The third-order valence-electron chi connectivity index (χ3n) is 5.51. The minimum Gasteiger partial charge on any atom is -0.338 e. The fourth-order valence-electron chi connectivity index (χ4n) is 4.02. The van der Waals surface area contributed by atoms with Crippen molar-refractivity contribution < 1.29 is 22.4 Å². The second-order valence-corrected chi connectivity index (χ2v) is 7.35. The molecule has 0 saturated carbocycles. The van der Waals surface area contributed by atoms with Crippen molar-refractivity contribution in [3.63, 3.8) is 0 Å². The zero-order valence-corrected chi connectivity index (χ0v) is 14.8. The van der Waals surface area contributed by atoms with Gasteiger partial charge in [-0.05, 0) is 68.8 Å². The van der Waals surface area contributed by atoms with Crippen LogP contribution in [0.2, 0.25) is 0 Å². The number of likely N-dealkylation sites (tertiary alicyclic amines) is 1. The second-order valence-electron chi connectivity index (χ2n) is 7.35. The summed E-state index contributed by atoms with van der Waals surface area (Å²) >= 11 is 0. The van der Waals surface area contributed by atoms with Crippen molar-refractivity contribution in [1.82, 2.24) is 10.2 Å². The summed E-state index contributed by atoms with van der Waals surface area (Å²) in [5, 5.41) is 3.26. The number of carbonyl (C=O) groups excluding carboxylic acids is 1. The highest BCUT2D eigenvalue weighted by Crippen LogP contribution is 2.34. The van der Waals surface area contributed by atoms with Crippen LogP contribution in [-0.4, -0.2) is 43.2 Å². The normalized spacial score (nSPS) is 22.5. The van der Waals surface area contributed by atoms with Crippen molar-refractivity contribution in [2.24, 2.45) is 5.92 Å². The second kappa shape index (κ2) is 7.55. The quantitative estimate of drug-likeness (QED) is 0.796. The Balaban J connectivity index is 1.81. The lowest BCUT2D eigenvalue weighted by atomic mass is 9.88. The van der Waals surface area contributed by atoms with Gasteiger partial charge in [0, 0.05) is 13.1 Å². The van der Waals surface area contributed by atoms with Crippen LogP contribution in [0.15, 0.2) is 12.1 Å². The molecule has 1 amide bonds. The summed E-state index contributed by atoms with van der Waals surface area (Å²) in [4.78, 5) is 13.9. The lowest BCUT2D eigenvalue weighted by Crippen LogP contribution is -2.45. The van der Waals surface area contributed by atoms with Crippen molar-refractivity contribution in [2.45, 2.75) is 44.7 Å². The Morgan fingerprint density at radius 3 is 2.50 bits per heavy atom. The molecule has 3 nitrogen and oxygen atoms in total.